The van der Waals surface area contributed by atoms with Crippen LogP contribution in [0.5, 0.6) is 0 Å². The molecule has 1 atom stereocenters. The molecule has 0 amide bonds. The summed E-state index contributed by atoms with van der Waals surface area (Å²) in [4.78, 5) is 0. The van der Waals surface area contributed by atoms with E-state index in [1.54, 1.807) is 12.1 Å². The lowest BCUT2D eigenvalue weighted by atomic mass is 10.1. The zero-order valence-corrected chi connectivity index (χ0v) is 7.42. The van der Waals surface area contributed by atoms with E-state index in [1.807, 2.05) is 6.92 Å². The Balaban J connectivity index is 2.81. The number of benzene rings is 1. The molecule has 0 spiro atoms. The maximum Gasteiger partial charge on any atom is 0.123 e. The molecule has 1 aromatic carbocycles. The van der Waals surface area contributed by atoms with Crippen molar-refractivity contribution in [2.24, 2.45) is 0 Å². The summed E-state index contributed by atoms with van der Waals surface area (Å²) in [6.45, 7) is 2.64. The molecule has 2 nitrogen and oxygen atoms in total. The quantitative estimate of drug-likeness (QED) is 0.768. The number of nitrogens with zero attached hydrogens (tertiary/aromatic N) is 1. The Labute approximate surface area is 77.0 Å². The van der Waals surface area contributed by atoms with E-state index in [-0.39, 0.29) is 11.9 Å². The molecular formula is C10H11FN2. The average molecular weight is 178 g/mol. The smallest absolute Gasteiger partial charge is 0.123 e. The topological polar surface area (TPSA) is 35.8 Å². The van der Waals surface area contributed by atoms with Gasteiger partial charge in [0, 0.05) is 0 Å². The lowest BCUT2D eigenvalue weighted by molar-refractivity contribution is 0.621. The van der Waals surface area contributed by atoms with Gasteiger partial charge in [-0.25, -0.2) is 4.39 Å². The Morgan fingerprint density at radius 1 is 1.46 bits per heavy atom. The number of hydrogen-bond acceptors (Lipinski definition) is 2. The molecule has 0 saturated carbocycles. The largest absolute Gasteiger partial charge is 0.298 e. The highest BCUT2D eigenvalue weighted by Crippen LogP contribution is 2.12. The second-order valence-electron chi connectivity index (χ2n) is 2.67. The molecule has 0 fully saturated rings. The highest BCUT2D eigenvalue weighted by Gasteiger charge is 2.07. The minimum Gasteiger partial charge on any atom is -0.298 e. The van der Waals surface area contributed by atoms with Crippen molar-refractivity contribution in [2.75, 3.05) is 6.54 Å². The molecule has 0 heterocycles. The summed E-state index contributed by atoms with van der Waals surface area (Å²) in [6.07, 6.45) is 0. The lowest BCUT2D eigenvalue weighted by Crippen LogP contribution is -2.18. The number of halogens is 1. The van der Waals surface area contributed by atoms with Gasteiger partial charge in [0.25, 0.3) is 0 Å². The second kappa shape index (κ2) is 4.58. The predicted octanol–water partition coefficient (Wildman–Crippen LogP) is 2.00. The van der Waals surface area contributed by atoms with Gasteiger partial charge in [-0.15, -0.1) is 0 Å². The van der Waals surface area contributed by atoms with Crippen LogP contribution in [-0.4, -0.2) is 6.54 Å². The Hall–Kier alpha value is -1.40. The molecule has 1 rings (SSSR count). The average Bonchev–Trinajstić information content (AvgIpc) is 2.16. The van der Waals surface area contributed by atoms with Gasteiger partial charge in [0.1, 0.15) is 11.9 Å². The van der Waals surface area contributed by atoms with Crippen LogP contribution in [-0.2, 0) is 0 Å². The number of hydrogen-bond donors (Lipinski definition) is 1. The zero-order valence-electron chi connectivity index (χ0n) is 7.42. The Morgan fingerprint density at radius 3 is 2.54 bits per heavy atom. The van der Waals surface area contributed by atoms with E-state index in [0.717, 1.165) is 12.1 Å². The minimum atomic E-state index is -0.342. The summed E-state index contributed by atoms with van der Waals surface area (Å²) in [7, 11) is 0. The molecule has 1 aromatic rings. The van der Waals surface area contributed by atoms with E-state index in [2.05, 4.69) is 11.4 Å². The molecule has 0 saturated heterocycles. The minimum absolute atomic E-state index is 0.281. The van der Waals surface area contributed by atoms with Gasteiger partial charge in [-0.3, -0.25) is 5.32 Å². The Kier molecular flexibility index (Phi) is 3.41. The van der Waals surface area contributed by atoms with Gasteiger partial charge in [-0.2, -0.15) is 5.26 Å². The third-order valence-corrected chi connectivity index (χ3v) is 1.74. The van der Waals surface area contributed by atoms with E-state index in [1.165, 1.54) is 12.1 Å². The number of nitrogens with one attached hydrogen (secondary N) is 1. The van der Waals surface area contributed by atoms with E-state index in [0.29, 0.717) is 0 Å². The van der Waals surface area contributed by atoms with E-state index >= 15 is 0 Å². The molecule has 0 aliphatic rings. The maximum absolute atomic E-state index is 12.5. The highest BCUT2D eigenvalue weighted by atomic mass is 19.1. The summed E-state index contributed by atoms with van der Waals surface area (Å²) >= 11 is 0. The molecule has 0 radical (unpaired) electrons. The van der Waals surface area contributed by atoms with Crippen LogP contribution in [0, 0.1) is 17.1 Å². The third kappa shape index (κ3) is 2.53. The van der Waals surface area contributed by atoms with E-state index in [9.17, 15) is 4.39 Å². The summed E-state index contributed by atoms with van der Waals surface area (Å²) in [6, 6.07) is 7.71. The van der Waals surface area contributed by atoms with Gasteiger partial charge in [0.15, 0.2) is 0 Å². The molecule has 0 bridgehead atoms. The third-order valence-electron chi connectivity index (χ3n) is 1.74. The van der Waals surface area contributed by atoms with Crippen molar-refractivity contribution in [2.45, 2.75) is 13.0 Å². The van der Waals surface area contributed by atoms with Crippen LogP contribution < -0.4 is 5.32 Å². The standard InChI is InChI=1S/C10H11FN2/c1-2-13-10(7-12)8-3-5-9(11)6-4-8/h3-6,10,13H,2H2,1H3. The summed E-state index contributed by atoms with van der Waals surface area (Å²) < 4.78 is 12.5. The second-order valence-corrected chi connectivity index (χ2v) is 2.67. The molecular weight excluding hydrogens is 167 g/mol. The molecule has 3 heteroatoms. The first-order chi connectivity index (χ1) is 6.27. The summed E-state index contributed by atoms with van der Waals surface area (Å²) in [5, 5.41) is 11.8. The highest BCUT2D eigenvalue weighted by molar-refractivity contribution is 5.24. The number of rotatable bonds is 3. The zero-order chi connectivity index (χ0) is 9.68. The van der Waals surface area contributed by atoms with Crippen molar-refractivity contribution in [1.29, 1.82) is 5.26 Å². The fourth-order valence-corrected chi connectivity index (χ4v) is 1.10. The molecule has 0 aliphatic carbocycles. The van der Waals surface area contributed by atoms with Gasteiger partial charge in [0.2, 0.25) is 0 Å². The predicted molar refractivity (Wildman–Crippen MR) is 48.4 cm³/mol. The Morgan fingerprint density at radius 2 is 2.08 bits per heavy atom. The molecule has 0 aromatic heterocycles. The fourth-order valence-electron chi connectivity index (χ4n) is 1.10. The van der Waals surface area contributed by atoms with Crippen molar-refractivity contribution in [1.82, 2.24) is 5.32 Å². The van der Waals surface area contributed by atoms with Crippen LogP contribution in [0.3, 0.4) is 0 Å². The van der Waals surface area contributed by atoms with Crippen molar-refractivity contribution in [3.63, 3.8) is 0 Å². The summed E-state index contributed by atoms with van der Waals surface area (Å²) in [5.41, 5.74) is 0.797. The van der Waals surface area contributed by atoms with Crippen molar-refractivity contribution >= 4 is 0 Å². The van der Waals surface area contributed by atoms with Crippen LogP contribution in [0.1, 0.15) is 18.5 Å². The molecule has 68 valence electrons. The van der Waals surface area contributed by atoms with Gasteiger partial charge in [-0.05, 0) is 24.2 Å². The van der Waals surface area contributed by atoms with Crippen LogP contribution >= 0.6 is 0 Å². The summed E-state index contributed by atoms with van der Waals surface area (Å²) in [5.74, 6) is -0.281. The van der Waals surface area contributed by atoms with Crippen molar-refractivity contribution in [3.8, 4) is 6.07 Å². The first-order valence-electron chi connectivity index (χ1n) is 4.16. The van der Waals surface area contributed by atoms with Crippen LogP contribution in [0.2, 0.25) is 0 Å². The SMILES string of the molecule is CCNC(C#N)c1ccc(F)cc1. The first kappa shape index (κ1) is 9.69. The molecule has 1 N–H and O–H groups in total. The van der Waals surface area contributed by atoms with Gasteiger partial charge in [-0.1, -0.05) is 19.1 Å². The monoisotopic (exact) mass is 178 g/mol. The van der Waals surface area contributed by atoms with Crippen molar-refractivity contribution in [3.05, 3.63) is 35.6 Å². The maximum atomic E-state index is 12.5. The van der Waals surface area contributed by atoms with Crippen LogP contribution in [0.25, 0.3) is 0 Å². The van der Waals surface area contributed by atoms with Crippen LogP contribution in [0.15, 0.2) is 24.3 Å². The van der Waals surface area contributed by atoms with Crippen molar-refractivity contribution < 1.29 is 4.39 Å². The van der Waals surface area contributed by atoms with E-state index in [4.69, 9.17) is 5.26 Å². The number of nitriles is 1. The fraction of sp³-hybridized carbons (Fsp3) is 0.300. The first-order valence-corrected chi connectivity index (χ1v) is 4.16. The molecule has 1 unspecified atom stereocenters. The van der Waals surface area contributed by atoms with Gasteiger partial charge >= 0.3 is 0 Å². The molecule has 13 heavy (non-hydrogen) atoms. The van der Waals surface area contributed by atoms with Crippen LogP contribution in [0.4, 0.5) is 4.39 Å². The van der Waals surface area contributed by atoms with E-state index < -0.39 is 0 Å². The normalized spacial score (nSPS) is 12.1. The molecule has 0 aliphatic heterocycles. The lowest BCUT2D eigenvalue weighted by Gasteiger charge is -2.09. The Bertz CT molecular complexity index is 300. The van der Waals surface area contributed by atoms with Gasteiger partial charge < -0.3 is 0 Å². The van der Waals surface area contributed by atoms with Gasteiger partial charge in [0.05, 0.1) is 6.07 Å².